The molecule has 9 nitrogen and oxygen atoms in total. The van der Waals surface area contributed by atoms with Crippen molar-refractivity contribution in [3.05, 3.63) is 35.1 Å². The maximum Gasteiger partial charge on any atom is 0.328 e. The molecule has 3 aliphatic rings. The van der Waals surface area contributed by atoms with Crippen molar-refractivity contribution in [2.45, 2.75) is 131 Å². The summed E-state index contributed by atoms with van der Waals surface area (Å²) in [4.78, 5) is 47.8. The number of rotatable bonds is 10. The molecule has 0 aromatic rings. The van der Waals surface area contributed by atoms with Crippen molar-refractivity contribution in [2.24, 2.45) is 16.5 Å². The molecule has 1 spiro atoms. The number of ether oxygens (including phenoxy) is 2. The largest absolute Gasteiger partial charge is 0.491 e. The van der Waals surface area contributed by atoms with Crippen LogP contribution >= 0.6 is 0 Å². The standard InChI is InChI=1S/C34H53N3O6/c1-21(2)29(42-22(3)4)24(6)16-23(5)26-18-34(43-36-26)19-27(32(40)41-10)37(20-34)31(39)30(33(7,8)9)35-28(38)17-25-14-12-11-13-15-25/h16,22,25,27,30H,5,11-15,17-20H2,1-4,6-10H3,(H,35,38)/b24-16-/t27-,30+,34+/m0/s1. The minimum Gasteiger partial charge on any atom is -0.491 e. The Morgan fingerprint density at radius 2 is 1.81 bits per heavy atom. The Labute approximate surface area is 258 Å². The van der Waals surface area contributed by atoms with Crippen LogP contribution in [0.1, 0.15) is 107 Å². The molecule has 3 rings (SSSR count). The first-order chi connectivity index (χ1) is 20.1. The molecule has 0 aromatic heterocycles. The average Bonchev–Trinajstić information content (AvgIpc) is 3.53. The first-order valence-corrected chi connectivity index (χ1v) is 15.7. The Bertz CT molecular complexity index is 1170. The third-order valence-electron chi connectivity index (χ3n) is 8.54. The van der Waals surface area contributed by atoms with Gasteiger partial charge in [-0.2, -0.15) is 0 Å². The smallest absolute Gasteiger partial charge is 0.328 e. The van der Waals surface area contributed by atoms with Crippen LogP contribution in [0.3, 0.4) is 0 Å². The van der Waals surface area contributed by atoms with Gasteiger partial charge in [0.05, 0.1) is 25.5 Å². The lowest BCUT2D eigenvalue weighted by atomic mass is 9.84. The van der Waals surface area contributed by atoms with Crippen molar-refractivity contribution >= 4 is 23.5 Å². The molecular weight excluding hydrogens is 546 g/mol. The highest BCUT2D eigenvalue weighted by Crippen LogP contribution is 2.40. The molecule has 43 heavy (non-hydrogen) atoms. The third kappa shape index (κ3) is 8.73. The van der Waals surface area contributed by atoms with Gasteiger partial charge < -0.3 is 24.5 Å². The van der Waals surface area contributed by atoms with Crippen molar-refractivity contribution < 1.29 is 28.7 Å². The fraction of sp³-hybridized carbons (Fsp3) is 0.706. The number of carbonyl (C=O) groups excluding carboxylic acids is 3. The summed E-state index contributed by atoms with van der Waals surface area (Å²) in [5.74, 6) is 0.203. The number of likely N-dealkylation sites (tertiary alicyclic amines) is 1. The molecule has 3 atom stereocenters. The SMILES string of the molecule is C=C(/C=C(/C)C(OC(C)C)=C(C)C)C1=NO[C@]2(C1)C[C@@H](C(=O)OC)N(C(=O)[C@@H](NC(=O)CC1CCCCC1)C(C)(C)C)C2. The van der Waals surface area contributed by atoms with Gasteiger partial charge in [0.2, 0.25) is 11.8 Å². The summed E-state index contributed by atoms with van der Waals surface area (Å²) in [6.45, 7) is 20.1. The molecule has 1 saturated carbocycles. The fourth-order valence-electron chi connectivity index (χ4n) is 6.35. The van der Waals surface area contributed by atoms with Gasteiger partial charge >= 0.3 is 5.97 Å². The third-order valence-corrected chi connectivity index (χ3v) is 8.54. The maximum atomic E-state index is 14.1. The highest BCUT2D eigenvalue weighted by atomic mass is 16.7. The summed E-state index contributed by atoms with van der Waals surface area (Å²) in [5.41, 5.74) is 1.85. The average molecular weight is 600 g/mol. The number of nitrogens with zero attached hydrogens (tertiary/aromatic N) is 2. The minimum absolute atomic E-state index is 0.0307. The lowest BCUT2D eigenvalue weighted by Gasteiger charge is -2.35. The molecule has 2 fully saturated rings. The normalized spacial score (nSPS) is 23.5. The Morgan fingerprint density at radius 3 is 2.37 bits per heavy atom. The van der Waals surface area contributed by atoms with E-state index in [2.05, 4.69) is 17.1 Å². The zero-order valence-electron chi connectivity index (χ0n) is 27.8. The molecule has 1 N–H and O–H groups in total. The topological polar surface area (TPSA) is 107 Å². The van der Waals surface area contributed by atoms with Gasteiger partial charge in [0.25, 0.3) is 0 Å². The molecular formula is C34H53N3O6. The van der Waals surface area contributed by atoms with Crippen LogP contribution in [0.15, 0.2) is 40.3 Å². The van der Waals surface area contributed by atoms with Crippen LogP contribution in [0.5, 0.6) is 0 Å². The van der Waals surface area contributed by atoms with Crippen molar-refractivity contribution in [1.82, 2.24) is 10.2 Å². The van der Waals surface area contributed by atoms with E-state index < -0.39 is 29.1 Å². The summed E-state index contributed by atoms with van der Waals surface area (Å²) in [5, 5.41) is 7.39. The van der Waals surface area contributed by atoms with Crippen LogP contribution in [-0.2, 0) is 28.7 Å². The van der Waals surface area contributed by atoms with Gasteiger partial charge in [-0.15, -0.1) is 0 Å². The van der Waals surface area contributed by atoms with Crippen LogP contribution in [0.2, 0.25) is 0 Å². The molecule has 2 amide bonds. The lowest BCUT2D eigenvalue weighted by molar-refractivity contribution is -0.153. The predicted molar refractivity (Wildman–Crippen MR) is 168 cm³/mol. The van der Waals surface area contributed by atoms with Gasteiger partial charge in [-0.3, -0.25) is 9.59 Å². The van der Waals surface area contributed by atoms with Gasteiger partial charge in [0.15, 0.2) is 5.60 Å². The number of methoxy groups -OCH3 is 1. The van der Waals surface area contributed by atoms with E-state index in [0.717, 1.165) is 42.6 Å². The summed E-state index contributed by atoms with van der Waals surface area (Å²) < 4.78 is 11.1. The molecule has 0 bridgehead atoms. The van der Waals surface area contributed by atoms with E-state index in [1.807, 2.05) is 61.5 Å². The fourth-order valence-corrected chi connectivity index (χ4v) is 6.35. The van der Waals surface area contributed by atoms with Gasteiger partial charge in [-0.1, -0.05) is 51.8 Å². The zero-order valence-corrected chi connectivity index (χ0v) is 27.8. The van der Waals surface area contributed by atoms with Gasteiger partial charge in [0.1, 0.15) is 17.8 Å². The van der Waals surface area contributed by atoms with Crippen molar-refractivity contribution in [3.63, 3.8) is 0 Å². The highest BCUT2D eigenvalue weighted by molar-refractivity contribution is 6.03. The first-order valence-electron chi connectivity index (χ1n) is 15.7. The van der Waals surface area contributed by atoms with E-state index in [0.29, 0.717) is 30.0 Å². The van der Waals surface area contributed by atoms with Crippen LogP contribution in [-0.4, -0.2) is 65.8 Å². The van der Waals surface area contributed by atoms with Crippen molar-refractivity contribution in [3.8, 4) is 0 Å². The molecule has 0 radical (unpaired) electrons. The Morgan fingerprint density at radius 1 is 1.16 bits per heavy atom. The number of carbonyl (C=O) groups is 3. The van der Waals surface area contributed by atoms with E-state index in [4.69, 9.17) is 14.3 Å². The lowest BCUT2D eigenvalue weighted by Crippen LogP contribution is -2.57. The van der Waals surface area contributed by atoms with Crippen molar-refractivity contribution in [2.75, 3.05) is 13.7 Å². The zero-order chi connectivity index (χ0) is 32.1. The Balaban J connectivity index is 1.78. The van der Waals surface area contributed by atoms with Gasteiger partial charge in [-0.05, 0) is 81.6 Å². The number of hydrogen-bond acceptors (Lipinski definition) is 7. The molecule has 1 aliphatic carbocycles. The summed E-state index contributed by atoms with van der Waals surface area (Å²) in [6.07, 6.45) is 8.58. The Kier molecular flexibility index (Phi) is 11.3. The second-order valence-electron chi connectivity index (χ2n) is 14.1. The monoisotopic (exact) mass is 599 g/mol. The maximum absolute atomic E-state index is 14.1. The van der Waals surface area contributed by atoms with Crippen LogP contribution in [0.25, 0.3) is 0 Å². The van der Waals surface area contributed by atoms with Gasteiger partial charge in [0, 0.05) is 19.3 Å². The number of allylic oxidation sites excluding steroid dienone is 4. The van der Waals surface area contributed by atoms with Gasteiger partial charge in [-0.25, -0.2) is 4.79 Å². The molecule has 2 heterocycles. The number of oxime groups is 1. The van der Waals surface area contributed by atoms with E-state index in [9.17, 15) is 14.4 Å². The molecule has 2 aliphatic heterocycles. The summed E-state index contributed by atoms with van der Waals surface area (Å²) >= 11 is 0. The number of hydrogen-bond donors (Lipinski definition) is 1. The van der Waals surface area contributed by atoms with Crippen molar-refractivity contribution in [1.29, 1.82) is 0 Å². The summed E-state index contributed by atoms with van der Waals surface area (Å²) in [6, 6.07) is -1.66. The number of esters is 1. The molecule has 1 saturated heterocycles. The van der Waals surface area contributed by atoms with E-state index >= 15 is 0 Å². The van der Waals surface area contributed by atoms with Crippen LogP contribution in [0, 0.1) is 11.3 Å². The van der Waals surface area contributed by atoms with E-state index in [-0.39, 0.29) is 30.9 Å². The van der Waals surface area contributed by atoms with E-state index in [1.165, 1.54) is 18.4 Å². The molecule has 0 unspecified atom stereocenters. The van der Waals surface area contributed by atoms with Crippen LogP contribution in [0.4, 0.5) is 0 Å². The Hall–Kier alpha value is -3.10. The minimum atomic E-state index is -0.892. The predicted octanol–water partition coefficient (Wildman–Crippen LogP) is 6.00. The molecule has 240 valence electrons. The first kappa shape index (κ1) is 34.4. The number of nitrogens with one attached hydrogen (secondary N) is 1. The second-order valence-corrected chi connectivity index (χ2v) is 14.1. The molecule has 9 heteroatoms. The van der Waals surface area contributed by atoms with E-state index in [1.54, 1.807) is 0 Å². The van der Waals surface area contributed by atoms with Crippen LogP contribution < -0.4 is 5.32 Å². The summed E-state index contributed by atoms with van der Waals surface area (Å²) in [7, 11) is 1.32. The number of amides is 2. The highest BCUT2D eigenvalue weighted by Gasteiger charge is 2.55. The quantitative estimate of drug-likeness (QED) is 0.188. The molecule has 0 aromatic carbocycles. The second kappa shape index (κ2) is 14.1.